The number of hydrogen-bond donors (Lipinski definition) is 0. The minimum Gasteiger partial charge on any atom is -0.0804 e. The maximum absolute atomic E-state index is 2.50. The zero-order valence-electron chi connectivity index (χ0n) is 15.4. The molecule has 1 aliphatic rings. The van der Waals surface area contributed by atoms with E-state index >= 15 is 0 Å². The normalized spacial score (nSPS) is 19.0. The standard InChI is InChI=1S/C24H30/c1-4-18(2)17-20-7-11-22(12-8-20)24-15-13-23(14-16-24)21-9-5-19(3)6-10-21/h5-6,9-11,13-16,18,20H,4,7-8,12,17H2,1-3H3. The Morgan fingerprint density at radius 1 is 0.917 bits per heavy atom. The highest BCUT2D eigenvalue weighted by Gasteiger charge is 2.17. The topological polar surface area (TPSA) is 0 Å². The molecule has 0 fully saturated rings. The molecule has 0 saturated carbocycles. The Balaban J connectivity index is 1.67. The maximum atomic E-state index is 2.50. The summed E-state index contributed by atoms with van der Waals surface area (Å²) < 4.78 is 0. The van der Waals surface area contributed by atoms with Crippen LogP contribution >= 0.6 is 0 Å². The van der Waals surface area contributed by atoms with Gasteiger partial charge in [-0.3, -0.25) is 0 Å². The summed E-state index contributed by atoms with van der Waals surface area (Å²) in [6, 6.07) is 17.9. The van der Waals surface area contributed by atoms with Gasteiger partial charge in [0.2, 0.25) is 0 Å². The van der Waals surface area contributed by atoms with Crippen LogP contribution in [0.3, 0.4) is 0 Å². The molecule has 2 atom stereocenters. The van der Waals surface area contributed by atoms with Gasteiger partial charge in [-0.1, -0.05) is 80.4 Å². The average molecular weight is 319 g/mol. The molecule has 0 aliphatic heterocycles. The van der Waals surface area contributed by atoms with Crippen LogP contribution in [-0.4, -0.2) is 0 Å². The lowest BCUT2D eigenvalue weighted by molar-refractivity contribution is 0.362. The van der Waals surface area contributed by atoms with Gasteiger partial charge >= 0.3 is 0 Å². The first-order chi connectivity index (χ1) is 11.7. The molecule has 2 aromatic rings. The molecule has 0 spiro atoms. The van der Waals surface area contributed by atoms with Crippen molar-refractivity contribution in [2.24, 2.45) is 11.8 Å². The Hall–Kier alpha value is -1.82. The Kier molecular flexibility index (Phi) is 5.56. The van der Waals surface area contributed by atoms with Crippen LogP contribution in [0.25, 0.3) is 16.7 Å². The number of hydrogen-bond acceptors (Lipinski definition) is 0. The first-order valence-electron chi connectivity index (χ1n) is 9.52. The van der Waals surface area contributed by atoms with Crippen LogP contribution in [0.5, 0.6) is 0 Å². The van der Waals surface area contributed by atoms with Gasteiger partial charge in [-0.2, -0.15) is 0 Å². The summed E-state index contributed by atoms with van der Waals surface area (Å²) in [6.45, 7) is 6.84. The summed E-state index contributed by atoms with van der Waals surface area (Å²) in [7, 11) is 0. The third kappa shape index (κ3) is 4.17. The molecule has 0 saturated heterocycles. The molecule has 0 radical (unpaired) electrons. The van der Waals surface area contributed by atoms with Crippen LogP contribution in [0.1, 0.15) is 57.1 Å². The van der Waals surface area contributed by atoms with E-state index in [2.05, 4.69) is 75.4 Å². The summed E-state index contributed by atoms with van der Waals surface area (Å²) in [5.41, 5.74) is 6.89. The van der Waals surface area contributed by atoms with Gasteiger partial charge in [-0.15, -0.1) is 0 Å². The second kappa shape index (κ2) is 7.83. The monoisotopic (exact) mass is 318 g/mol. The van der Waals surface area contributed by atoms with E-state index in [-0.39, 0.29) is 0 Å². The molecule has 2 aromatic carbocycles. The summed E-state index contributed by atoms with van der Waals surface area (Å²) in [5, 5.41) is 0. The van der Waals surface area contributed by atoms with Crippen molar-refractivity contribution in [3.05, 3.63) is 65.7 Å². The van der Waals surface area contributed by atoms with Crippen molar-refractivity contribution in [2.45, 2.75) is 52.9 Å². The highest BCUT2D eigenvalue weighted by molar-refractivity contribution is 5.71. The fraction of sp³-hybridized carbons (Fsp3) is 0.417. The molecule has 24 heavy (non-hydrogen) atoms. The third-order valence-electron chi connectivity index (χ3n) is 5.59. The molecule has 126 valence electrons. The van der Waals surface area contributed by atoms with Gasteiger partial charge in [0.05, 0.1) is 0 Å². The van der Waals surface area contributed by atoms with Crippen molar-refractivity contribution in [2.75, 3.05) is 0 Å². The van der Waals surface area contributed by atoms with Crippen LogP contribution in [0, 0.1) is 18.8 Å². The molecule has 0 nitrogen and oxygen atoms in total. The Morgan fingerprint density at radius 3 is 2.04 bits per heavy atom. The largest absolute Gasteiger partial charge is 0.0804 e. The van der Waals surface area contributed by atoms with E-state index in [0.29, 0.717) is 0 Å². The molecule has 0 aromatic heterocycles. The Morgan fingerprint density at radius 2 is 1.50 bits per heavy atom. The third-order valence-corrected chi connectivity index (χ3v) is 5.59. The predicted octanol–water partition coefficient (Wildman–Crippen LogP) is 7.28. The fourth-order valence-corrected chi connectivity index (χ4v) is 3.72. The van der Waals surface area contributed by atoms with Gasteiger partial charge in [0, 0.05) is 0 Å². The zero-order valence-corrected chi connectivity index (χ0v) is 15.4. The fourth-order valence-electron chi connectivity index (χ4n) is 3.72. The van der Waals surface area contributed by atoms with Crippen molar-refractivity contribution in [3.8, 4) is 11.1 Å². The Labute approximate surface area is 147 Å². The first-order valence-corrected chi connectivity index (χ1v) is 9.52. The van der Waals surface area contributed by atoms with E-state index < -0.39 is 0 Å². The zero-order chi connectivity index (χ0) is 16.9. The molecule has 0 heterocycles. The first kappa shape index (κ1) is 17.0. The van der Waals surface area contributed by atoms with Crippen LogP contribution in [0.15, 0.2) is 54.6 Å². The highest BCUT2D eigenvalue weighted by atomic mass is 14.2. The van der Waals surface area contributed by atoms with Gasteiger partial charge in [-0.25, -0.2) is 0 Å². The Bertz CT molecular complexity index is 673. The summed E-state index contributed by atoms with van der Waals surface area (Å²) in [4.78, 5) is 0. The molecular weight excluding hydrogens is 288 g/mol. The summed E-state index contributed by atoms with van der Waals surface area (Å²) in [5.74, 6) is 1.77. The van der Waals surface area contributed by atoms with E-state index in [9.17, 15) is 0 Å². The minimum atomic E-state index is 0.874. The van der Waals surface area contributed by atoms with Gasteiger partial charge in [0.15, 0.2) is 0 Å². The molecule has 1 aliphatic carbocycles. The lowest BCUT2D eigenvalue weighted by atomic mass is 9.81. The average Bonchev–Trinajstić information content (AvgIpc) is 2.63. The molecule has 0 heteroatoms. The van der Waals surface area contributed by atoms with E-state index in [1.54, 1.807) is 5.57 Å². The minimum absolute atomic E-state index is 0.874. The van der Waals surface area contributed by atoms with Crippen LogP contribution in [0.2, 0.25) is 0 Å². The quantitative estimate of drug-likeness (QED) is 0.543. The molecule has 0 N–H and O–H groups in total. The van der Waals surface area contributed by atoms with Crippen LogP contribution in [-0.2, 0) is 0 Å². The molecule has 0 amide bonds. The van der Waals surface area contributed by atoms with E-state index in [1.165, 1.54) is 54.4 Å². The van der Waals surface area contributed by atoms with Crippen molar-refractivity contribution in [1.82, 2.24) is 0 Å². The number of allylic oxidation sites excluding steroid dienone is 2. The van der Waals surface area contributed by atoms with Crippen molar-refractivity contribution >= 4 is 5.57 Å². The van der Waals surface area contributed by atoms with Crippen molar-refractivity contribution in [1.29, 1.82) is 0 Å². The summed E-state index contributed by atoms with van der Waals surface area (Å²) >= 11 is 0. The molecule has 0 bridgehead atoms. The summed E-state index contributed by atoms with van der Waals surface area (Å²) in [6.07, 6.45) is 9.07. The van der Waals surface area contributed by atoms with E-state index in [4.69, 9.17) is 0 Å². The second-order valence-corrected chi connectivity index (χ2v) is 7.56. The lowest BCUT2D eigenvalue weighted by Gasteiger charge is -2.24. The second-order valence-electron chi connectivity index (χ2n) is 7.56. The van der Waals surface area contributed by atoms with Gasteiger partial charge in [-0.05, 0) is 66.7 Å². The van der Waals surface area contributed by atoms with Crippen LogP contribution in [0.4, 0.5) is 0 Å². The maximum Gasteiger partial charge on any atom is -0.0184 e. The van der Waals surface area contributed by atoms with Crippen LogP contribution < -0.4 is 0 Å². The SMILES string of the molecule is CCC(C)CC1CC=C(c2ccc(-c3ccc(C)cc3)cc2)CC1. The number of aryl methyl sites for hydroxylation is 1. The van der Waals surface area contributed by atoms with E-state index in [1.807, 2.05) is 0 Å². The molecule has 3 rings (SSSR count). The van der Waals surface area contributed by atoms with Gasteiger partial charge in [0.1, 0.15) is 0 Å². The number of rotatable bonds is 5. The molecule has 2 unspecified atom stereocenters. The van der Waals surface area contributed by atoms with Crippen molar-refractivity contribution < 1.29 is 0 Å². The number of benzene rings is 2. The van der Waals surface area contributed by atoms with Gasteiger partial charge < -0.3 is 0 Å². The lowest BCUT2D eigenvalue weighted by Crippen LogP contribution is -2.09. The van der Waals surface area contributed by atoms with Gasteiger partial charge in [0.25, 0.3) is 0 Å². The predicted molar refractivity (Wildman–Crippen MR) is 106 cm³/mol. The van der Waals surface area contributed by atoms with Crippen molar-refractivity contribution in [3.63, 3.8) is 0 Å². The van der Waals surface area contributed by atoms with E-state index in [0.717, 1.165) is 11.8 Å². The molecular formula is C24H30. The smallest absolute Gasteiger partial charge is 0.0184 e. The highest BCUT2D eigenvalue weighted by Crippen LogP contribution is 2.34.